The fraction of sp³-hybridized carbons (Fsp3) is 0.200. The summed E-state index contributed by atoms with van der Waals surface area (Å²) in [6.07, 6.45) is 3.99. The second kappa shape index (κ2) is 7.11. The van der Waals surface area contributed by atoms with Crippen LogP contribution in [-0.4, -0.2) is 52.2 Å². The van der Waals surface area contributed by atoms with E-state index in [0.29, 0.717) is 31.7 Å². The van der Waals surface area contributed by atoms with E-state index in [1.54, 1.807) is 5.01 Å². The van der Waals surface area contributed by atoms with Gasteiger partial charge in [-0.1, -0.05) is 36.4 Å². The van der Waals surface area contributed by atoms with E-state index in [1.165, 1.54) is 0 Å². The number of amides is 1. The lowest BCUT2D eigenvalue weighted by Gasteiger charge is -2.32. The first-order chi connectivity index (χ1) is 12.7. The summed E-state index contributed by atoms with van der Waals surface area (Å²) in [7, 11) is 0. The second-order valence-corrected chi connectivity index (χ2v) is 6.44. The highest BCUT2D eigenvalue weighted by Crippen LogP contribution is 2.18. The quantitative estimate of drug-likeness (QED) is 0.713. The third kappa shape index (κ3) is 3.37. The van der Waals surface area contributed by atoms with Gasteiger partial charge in [-0.2, -0.15) is 5.10 Å². The molecule has 132 valence electrons. The Labute approximate surface area is 151 Å². The summed E-state index contributed by atoms with van der Waals surface area (Å²) < 4.78 is 0. The van der Waals surface area contributed by atoms with E-state index in [9.17, 15) is 4.79 Å². The van der Waals surface area contributed by atoms with Gasteiger partial charge in [0.15, 0.2) is 0 Å². The maximum atomic E-state index is 12.5. The van der Waals surface area contributed by atoms with Crippen LogP contribution in [0, 0.1) is 0 Å². The Kier molecular flexibility index (Phi) is 4.51. The molecule has 3 N–H and O–H groups in total. The minimum absolute atomic E-state index is 0.0620. The van der Waals surface area contributed by atoms with Gasteiger partial charge >= 0.3 is 0 Å². The molecule has 2 heterocycles. The zero-order chi connectivity index (χ0) is 17.9. The number of hydrazine groups is 1. The molecule has 0 aliphatic carbocycles. The van der Waals surface area contributed by atoms with Crippen molar-refractivity contribution in [1.29, 1.82) is 0 Å². The highest BCUT2D eigenvalue weighted by atomic mass is 16.2. The summed E-state index contributed by atoms with van der Waals surface area (Å²) in [5.41, 5.74) is 3.66. The van der Waals surface area contributed by atoms with Crippen molar-refractivity contribution in [2.45, 2.75) is 0 Å². The van der Waals surface area contributed by atoms with Gasteiger partial charge in [-0.3, -0.25) is 15.7 Å². The van der Waals surface area contributed by atoms with E-state index < -0.39 is 0 Å². The first kappa shape index (κ1) is 16.5. The number of fused-ring (bicyclic) bond motifs is 1. The van der Waals surface area contributed by atoms with Gasteiger partial charge in [-0.15, -0.1) is 0 Å². The Morgan fingerprint density at radius 2 is 1.73 bits per heavy atom. The largest absolute Gasteiger partial charge is 0.336 e. The van der Waals surface area contributed by atoms with Crippen molar-refractivity contribution in [3.63, 3.8) is 0 Å². The van der Waals surface area contributed by atoms with Crippen LogP contribution >= 0.6 is 0 Å². The van der Waals surface area contributed by atoms with Crippen LogP contribution in [0.15, 0.2) is 48.5 Å². The summed E-state index contributed by atoms with van der Waals surface area (Å²) in [5, 5.41) is 10.2. The predicted octanol–water partition coefficient (Wildman–Crippen LogP) is 2.36. The van der Waals surface area contributed by atoms with Gasteiger partial charge in [0.1, 0.15) is 0 Å². The van der Waals surface area contributed by atoms with E-state index in [2.05, 4.69) is 10.2 Å². The number of benzene rings is 2. The van der Waals surface area contributed by atoms with Crippen molar-refractivity contribution in [3.05, 3.63) is 65.4 Å². The lowest BCUT2D eigenvalue weighted by atomic mass is 10.1. The van der Waals surface area contributed by atoms with E-state index in [1.807, 2.05) is 65.6 Å². The number of H-pyrrole nitrogens is 1. The van der Waals surface area contributed by atoms with Crippen molar-refractivity contribution >= 4 is 29.0 Å². The first-order valence-corrected chi connectivity index (χ1v) is 8.71. The number of hydrogen-bond donors (Lipinski definition) is 2. The third-order valence-electron chi connectivity index (χ3n) is 4.69. The van der Waals surface area contributed by atoms with Crippen molar-refractivity contribution in [1.82, 2.24) is 20.1 Å². The summed E-state index contributed by atoms with van der Waals surface area (Å²) in [5.74, 6) is 5.81. The zero-order valence-corrected chi connectivity index (χ0v) is 14.4. The molecule has 0 radical (unpaired) electrons. The molecule has 1 aromatic heterocycles. The number of carbonyl (C=O) groups excluding carboxylic acids is 1. The van der Waals surface area contributed by atoms with Crippen LogP contribution in [0.2, 0.25) is 0 Å². The van der Waals surface area contributed by atoms with E-state index in [0.717, 1.165) is 22.2 Å². The zero-order valence-electron chi connectivity index (χ0n) is 14.4. The standard InChI is InChI=1S/C20H21N5O/c21-25-13-11-24(12-14-25)20(26)16-8-5-15(6-9-16)7-10-19-17-3-1-2-4-18(17)22-23-19/h1-10H,11-14,21H2,(H,22,23)/b10-7+. The van der Waals surface area contributed by atoms with Crippen LogP contribution in [0.5, 0.6) is 0 Å². The number of aromatic nitrogens is 2. The number of piperazine rings is 1. The fourth-order valence-corrected chi connectivity index (χ4v) is 3.13. The van der Waals surface area contributed by atoms with Crippen LogP contribution in [0.4, 0.5) is 0 Å². The van der Waals surface area contributed by atoms with Gasteiger partial charge in [0, 0.05) is 37.1 Å². The summed E-state index contributed by atoms with van der Waals surface area (Å²) in [6, 6.07) is 15.7. The average molecular weight is 347 g/mol. The van der Waals surface area contributed by atoms with Gasteiger partial charge in [0.2, 0.25) is 0 Å². The second-order valence-electron chi connectivity index (χ2n) is 6.44. The number of nitrogens with two attached hydrogens (primary N) is 1. The molecule has 1 aliphatic heterocycles. The summed E-state index contributed by atoms with van der Waals surface area (Å²) >= 11 is 0. The Hall–Kier alpha value is -2.96. The van der Waals surface area contributed by atoms with Crippen LogP contribution in [-0.2, 0) is 0 Å². The molecule has 0 atom stereocenters. The fourth-order valence-electron chi connectivity index (χ4n) is 3.13. The topological polar surface area (TPSA) is 78.2 Å². The van der Waals surface area contributed by atoms with Crippen LogP contribution < -0.4 is 5.84 Å². The van der Waals surface area contributed by atoms with E-state index in [4.69, 9.17) is 5.84 Å². The number of nitrogens with zero attached hydrogens (tertiary/aromatic N) is 3. The predicted molar refractivity (Wildman–Crippen MR) is 103 cm³/mol. The van der Waals surface area contributed by atoms with Gasteiger partial charge in [0.05, 0.1) is 11.2 Å². The molecule has 0 bridgehead atoms. The van der Waals surface area contributed by atoms with Crippen molar-refractivity contribution in [2.24, 2.45) is 5.84 Å². The molecule has 1 fully saturated rings. The molecule has 1 amide bonds. The highest BCUT2D eigenvalue weighted by Gasteiger charge is 2.20. The third-order valence-corrected chi connectivity index (χ3v) is 4.69. The Morgan fingerprint density at radius 3 is 2.50 bits per heavy atom. The monoisotopic (exact) mass is 347 g/mol. The molecule has 4 rings (SSSR count). The number of rotatable bonds is 3. The van der Waals surface area contributed by atoms with Crippen molar-refractivity contribution < 1.29 is 4.79 Å². The molecule has 6 nitrogen and oxygen atoms in total. The number of nitrogens with one attached hydrogen (secondary N) is 1. The Bertz CT molecular complexity index is 936. The smallest absolute Gasteiger partial charge is 0.253 e. The molecule has 0 unspecified atom stereocenters. The molecule has 2 aromatic carbocycles. The molecule has 0 spiro atoms. The molecular formula is C20H21N5O. The van der Waals surface area contributed by atoms with Gasteiger partial charge in [-0.25, -0.2) is 5.01 Å². The minimum Gasteiger partial charge on any atom is -0.336 e. The number of aromatic amines is 1. The Balaban J connectivity index is 1.46. The molecule has 26 heavy (non-hydrogen) atoms. The highest BCUT2D eigenvalue weighted by molar-refractivity contribution is 5.95. The normalized spacial score (nSPS) is 15.8. The molecule has 6 heteroatoms. The lowest BCUT2D eigenvalue weighted by molar-refractivity contribution is 0.0638. The first-order valence-electron chi connectivity index (χ1n) is 8.71. The maximum absolute atomic E-state index is 12.5. The molecule has 0 saturated carbocycles. The van der Waals surface area contributed by atoms with Gasteiger partial charge in [0.25, 0.3) is 5.91 Å². The number of hydrogen-bond acceptors (Lipinski definition) is 4. The number of para-hydroxylation sites is 1. The maximum Gasteiger partial charge on any atom is 0.253 e. The van der Waals surface area contributed by atoms with Crippen LogP contribution in [0.25, 0.3) is 23.1 Å². The molecular weight excluding hydrogens is 326 g/mol. The lowest BCUT2D eigenvalue weighted by Crippen LogP contribution is -2.51. The van der Waals surface area contributed by atoms with E-state index in [-0.39, 0.29) is 5.91 Å². The SMILES string of the molecule is NN1CCN(C(=O)c2ccc(/C=C/c3n[nH]c4ccccc34)cc2)CC1. The number of carbonyl (C=O) groups is 1. The molecule has 1 saturated heterocycles. The summed E-state index contributed by atoms with van der Waals surface area (Å²) in [4.78, 5) is 14.4. The molecule has 1 aliphatic rings. The van der Waals surface area contributed by atoms with Crippen LogP contribution in [0.1, 0.15) is 21.6 Å². The van der Waals surface area contributed by atoms with Gasteiger partial charge < -0.3 is 4.90 Å². The summed E-state index contributed by atoms with van der Waals surface area (Å²) in [6.45, 7) is 2.76. The van der Waals surface area contributed by atoms with E-state index >= 15 is 0 Å². The van der Waals surface area contributed by atoms with Crippen molar-refractivity contribution in [3.8, 4) is 0 Å². The van der Waals surface area contributed by atoms with Crippen LogP contribution in [0.3, 0.4) is 0 Å². The van der Waals surface area contributed by atoms with Crippen molar-refractivity contribution in [2.75, 3.05) is 26.2 Å². The Morgan fingerprint density at radius 1 is 1.00 bits per heavy atom. The minimum atomic E-state index is 0.0620. The van der Waals surface area contributed by atoms with Gasteiger partial charge in [-0.05, 0) is 29.8 Å². The molecule has 3 aromatic rings. The average Bonchev–Trinajstić information content (AvgIpc) is 3.10.